The molecule has 6 heteroatoms. The molecule has 0 radical (unpaired) electrons. The second-order valence-electron chi connectivity index (χ2n) is 4.70. The SMILES string of the molecule is O=C(NCCC(=O)N1CCCC1)c1cccc(F)c1F. The summed E-state index contributed by atoms with van der Waals surface area (Å²) in [6, 6.07) is 3.42. The van der Waals surface area contributed by atoms with Gasteiger partial charge in [0.15, 0.2) is 11.6 Å². The molecule has 4 nitrogen and oxygen atoms in total. The zero-order chi connectivity index (χ0) is 14.5. The van der Waals surface area contributed by atoms with E-state index in [2.05, 4.69) is 5.32 Å². The van der Waals surface area contributed by atoms with Gasteiger partial charge in [-0.3, -0.25) is 9.59 Å². The normalized spacial score (nSPS) is 14.4. The van der Waals surface area contributed by atoms with Crippen LogP contribution in [0.25, 0.3) is 0 Å². The molecular formula is C14H16F2N2O2. The first-order chi connectivity index (χ1) is 9.59. The number of halogens is 2. The van der Waals surface area contributed by atoms with Crippen molar-refractivity contribution in [3.8, 4) is 0 Å². The summed E-state index contributed by atoms with van der Waals surface area (Å²) in [7, 11) is 0. The third-order valence-corrected chi connectivity index (χ3v) is 3.28. The maximum Gasteiger partial charge on any atom is 0.254 e. The second-order valence-corrected chi connectivity index (χ2v) is 4.70. The van der Waals surface area contributed by atoms with Gasteiger partial charge in [0.25, 0.3) is 5.91 Å². The van der Waals surface area contributed by atoms with Gasteiger partial charge in [-0.05, 0) is 25.0 Å². The van der Waals surface area contributed by atoms with Crippen LogP contribution in [0.5, 0.6) is 0 Å². The van der Waals surface area contributed by atoms with Crippen LogP contribution in [0.3, 0.4) is 0 Å². The fourth-order valence-corrected chi connectivity index (χ4v) is 2.18. The quantitative estimate of drug-likeness (QED) is 0.914. The summed E-state index contributed by atoms with van der Waals surface area (Å²) in [6.45, 7) is 1.63. The average molecular weight is 282 g/mol. The number of amides is 2. The largest absolute Gasteiger partial charge is 0.351 e. The van der Waals surface area contributed by atoms with Crippen LogP contribution >= 0.6 is 0 Å². The van der Waals surface area contributed by atoms with Crippen LogP contribution in [0.1, 0.15) is 29.6 Å². The van der Waals surface area contributed by atoms with E-state index >= 15 is 0 Å². The Kier molecular flexibility index (Phi) is 4.65. The predicted octanol–water partition coefficient (Wildman–Crippen LogP) is 1.71. The van der Waals surface area contributed by atoms with Crippen molar-refractivity contribution >= 4 is 11.8 Å². The Morgan fingerprint density at radius 3 is 2.60 bits per heavy atom. The topological polar surface area (TPSA) is 49.4 Å². The summed E-state index contributed by atoms with van der Waals surface area (Å²) in [6.07, 6.45) is 2.18. The number of nitrogens with zero attached hydrogens (tertiary/aromatic N) is 1. The number of likely N-dealkylation sites (tertiary alicyclic amines) is 1. The molecule has 0 saturated carbocycles. The smallest absolute Gasteiger partial charge is 0.254 e. The molecule has 2 amide bonds. The van der Waals surface area contributed by atoms with E-state index in [1.807, 2.05) is 0 Å². The van der Waals surface area contributed by atoms with E-state index in [-0.39, 0.29) is 24.4 Å². The number of hydrogen-bond acceptors (Lipinski definition) is 2. The molecule has 1 heterocycles. The number of rotatable bonds is 4. The van der Waals surface area contributed by atoms with E-state index in [4.69, 9.17) is 0 Å². The van der Waals surface area contributed by atoms with Gasteiger partial charge in [-0.25, -0.2) is 8.78 Å². The van der Waals surface area contributed by atoms with E-state index in [1.54, 1.807) is 4.90 Å². The van der Waals surface area contributed by atoms with Crippen LogP contribution in [-0.2, 0) is 4.79 Å². The average Bonchev–Trinajstić information content (AvgIpc) is 2.95. The van der Waals surface area contributed by atoms with Gasteiger partial charge in [-0.15, -0.1) is 0 Å². The minimum absolute atomic E-state index is 0.0254. The lowest BCUT2D eigenvalue weighted by molar-refractivity contribution is -0.129. The molecule has 1 saturated heterocycles. The Bertz CT molecular complexity index is 514. The summed E-state index contributed by atoms with van der Waals surface area (Å²) in [5, 5.41) is 2.43. The van der Waals surface area contributed by atoms with Crippen LogP contribution in [0, 0.1) is 11.6 Å². The van der Waals surface area contributed by atoms with E-state index < -0.39 is 17.5 Å². The van der Waals surface area contributed by atoms with Gasteiger partial charge in [-0.2, -0.15) is 0 Å². The van der Waals surface area contributed by atoms with Gasteiger partial charge in [-0.1, -0.05) is 6.07 Å². The molecule has 0 aromatic heterocycles. The van der Waals surface area contributed by atoms with Gasteiger partial charge in [0, 0.05) is 26.1 Å². The molecule has 2 rings (SSSR count). The zero-order valence-electron chi connectivity index (χ0n) is 11.0. The molecule has 1 N–H and O–H groups in total. The Labute approximate surface area is 115 Å². The first-order valence-corrected chi connectivity index (χ1v) is 6.59. The lowest BCUT2D eigenvalue weighted by atomic mass is 10.2. The van der Waals surface area contributed by atoms with Crippen LogP contribution in [0.4, 0.5) is 8.78 Å². The van der Waals surface area contributed by atoms with Crippen LogP contribution in [0.2, 0.25) is 0 Å². The van der Waals surface area contributed by atoms with Gasteiger partial charge in [0.05, 0.1) is 5.56 Å². The highest BCUT2D eigenvalue weighted by Gasteiger charge is 2.18. The molecule has 20 heavy (non-hydrogen) atoms. The maximum absolute atomic E-state index is 13.4. The highest BCUT2D eigenvalue weighted by atomic mass is 19.2. The molecule has 1 aliphatic rings. The summed E-state index contributed by atoms with van der Waals surface area (Å²) >= 11 is 0. The Morgan fingerprint density at radius 1 is 1.20 bits per heavy atom. The van der Waals surface area contributed by atoms with Gasteiger partial charge in [0.2, 0.25) is 5.91 Å². The van der Waals surface area contributed by atoms with Crippen molar-refractivity contribution in [2.45, 2.75) is 19.3 Å². The number of benzene rings is 1. The fourth-order valence-electron chi connectivity index (χ4n) is 2.18. The van der Waals surface area contributed by atoms with E-state index in [0.717, 1.165) is 32.0 Å². The second kappa shape index (κ2) is 6.45. The Hall–Kier alpha value is -1.98. The molecule has 0 bridgehead atoms. The minimum Gasteiger partial charge on any atom is -0.351 e. The van der Waals surface area contributed by atoms with Crippen molar-refractivity contribution in [1.82, 2.24) is 10.2 Å². The lowest BCUT2D eigenvalue weighted by Crippen LogP contribution is -2.33. The summed E-state index contributed by atoms with van der Waals surface area (Å²) in [4.78, 5) is 25.1. The van der Waals surface area contributed by atoms with E-state index in [1.165, 1.54) is 12.1 Å². The van der Waals surface area contributed by atoms with Gasteiger partial charge < -0.3 is 10.2 Å². The summed E-state index contributed by atoms with van der Waals surface area (Å²) in [5.41, 5.74) is -0.348. The first-order valence-electron chi connectivity index (χ1n) is 6.59. The molecule has 0 spiro atoms. The van der Waals surface area contributed by atoms with Crippen molar-refractivity contribution < 1.29 is 18.4 Å². The van der Waals surface area contributed by atoms with Gasteiger partial charge >= 0.3 is 0 Å². The molecule has 108 valence electrons. The molecular weight excluding hydrogens is 266 g/mol. The van der Waals surface area contributed by atoms with Crippen LogP contribution < -0.4 is 5.32 Å². The highest BCUT2D eigenvalue weighted by Crippen LogP contribution is 2.11. The third-order valence-electron chi connectivity index (χ3n) is 3.28. The van der Waals surface area contributed by atoms with E-state index in [0.29, 0.717) is 0 Å². The maximum atomic E-state index is 13.4. The standard InChI is InChI=1S/C14H16F2N2O2/c15-11-5-3-4-10(13(11)16)14(20)17-7-6-12(19)18-8-1-2-9-18/h3-5H,1-2,6-9H2,(H,17,20). The number of carbonyl (C=O) groups excluding carboxylic acids is 2. The molecule has 1 fully saturated rings. The van der Waals surface area contributed by atoms with Crippen molar-refractivity contribution in [3.63, 3.8) is 0 Å². The molecule has 0 unspecified atom stereocenters. The third kappa shape index (κ3) is 3.31. The molecule has 1 aromatic carbocycles. The van der Waals surface area contributed by atoms with E-state index in [9.17, 15) is 18.4 Å². The number of carbonyl (C=O) groups is 2. The molecule has 0 atom stereocenters. The minimum atomic E-state index is -1.17. The Morgan fingerprint density at radius 2 is 1.90 bits per heavy atom. The number of hydrogen-bond donors (Lipinski definition) is 1. The summed E-state index contributed by atoms with van der Waals surface area (Å²) < 4.78 is 26.4. The van der Waals surface area contributed by atoms with Crippen LogP contribution in [0.15, 0.2) is 18.2 Å². The first kappa shape index (κ1) is 14.4. The zero-order valence-corrected chi connectivity index (χ0v) is 11.0. The molecule has 1 aromatic rings. The van der Waals surface area contributed by atoms with Gasteiger partial charge in [0.1, 0.15) is 0 Å². The van der Waals surface area contributed by atoms with Crippen molar-refractivity contribution in [2.24, 2.45) is 0 Å². The predicted molar refractivity (Wildman–Crippen MR) is 69.1 cm³/mol. The highest BCUT2D eigenvalue weighted by molar-refractivity contribution is 5.94. The van der Waals surface area contributed by atoms with Crippen LogP contribution in [-0.4, -0.2) is 36.3 Å². The molecule has 1 aliphatic heterocycles. The monoisotopic (exact) mass is 282 g/mol. The molecule has 0 aliphatic carbocycles. The van der Waals surface area contributed by atoms with Crippen molar-refractivity contribution in [1.29, 1.82) is 0 Å². The van der Waals surface area contributed by atoms with Crippen molar-refractivity contribution in [3.05, 3.63) is 35.4 Å². The Balaban J connectivity index is 1.83. The fraction of sp³-hybridized carbons (Fsp3) is 0.429. The number of nitrogens with one attached hydrogen (secondary N) is 1. The lowest BCUT2D eigenvalue weighted by Gasteiger charge is -2.15. The van der Waals surface area contributed by atoms with Crippen molar-refractivity contribution in [2.75, 3.05) is 19.6 Å². The summed E-state index contributed by atoms with van der Waals surface area (Å²) in [5.74, 6) is -2.97.